The van der Waals surface area contributed by atoms with Crippen LogP contribution in [0.1, 0.15) is 48.6 Å². The molecule has 0 aliphatic carbocycles. The highest BCUT2D eigenvalue weighted by Crippen LogP contribution is 2.47. The molecule has 3 amide bonds. The second-order valence-electron chi connectivity index (χ2n) is 9.19. The minimum absolute atomic E-state index is 0.0143. The molecular weight excluding hydrogens is 600 g/mol. The maximum atomic E-state index is 13.5. The number of rotatable bonds is 5. The van der Waals surface area contributed by atoms with Crippen molar-refractivity contribution in [2.24, 2.45) is 0 Å². The van der Waals surface area contributed by atoms with Crippen molar-refractivity contribution in [1.82, 2.24) is 4.90 Å². The van der Waals surface area contributed by atoms with Crippen LogP contribution in [0, 0.1) is 0 Å². The van der Waals surface area contributed by atoms with Crippen LogP contribution in [0.3, 0.4) is 0 Å². The molecule has 16 heteroatoms. The van der Waals surface area contributed by atoms with Crippen LogP contribution in [0.25, 0.3) is 0 Å². The molecule has 0 saturated carbocycles. The summed E-state index contributed by atoms with van der Waals surface area (Å²) in [6.45, 7) is 2.38. The maximum Gasteiger partial charge on any atom is 0.416 e. The van der Waals surface area contributed by atoms with Gasteiger partial charge in [0.15, 0.2) is 0 Å². The Labute approximate surface area is 241 Å². The predicted molar refractivity (Wildman–Crippen MR) is 138 cm³/mol. The molecule has 2 atom stereocenters. The zero-order chi connectivity index (χ0) is 31.6. The molecule has 0 radical (unpaired) electrons. The van der Waals surface area contributed by atoms with E-state index in [9.17, 15) is 40.7 Å². The van der Waals surface area contributed by atoms with Crippen molar-refractivity contribution in [3.8, 4) is 0 Å². The topological polar surface area (TPSA) is 97.4 Å². The molecule has 1 aliphatic rings. The second-order valence-corrected chi connectivity index (χ2v) is 9.63. The number of anilines is 2. The molecule has 0 aromatic heterocycles. The normalized spacial score (nSPS) is 16.8. The summed E-state index contributed by atoms with van der Waals surface area (Å²) in [5.74, 6) is 0. The fourth-order valence-electron chi connectivity index (χ4n) is 4.66. The van der Waals surface area contributed by atoms with Crippen molar-refractivity contribution in [2.45, 2.75) is 51.2 Å². The number of benzene rings is 2. The van der Waals surface area contributed by atoms with Crippen LogP contribution in [0.2, 0.25) is 5.02 Å². The Hall–Kier alpha value is -3.88. The van der Waals surface area contributed by atoms with E-state index in [1.165, 1.54) is 17.0 Å². The largest absolute Gasteiger partial charge is 0.453 e. The van der Waals surface area contributed by atoms with Crippen molar-refractivity contribution in [2.75, 3.05) is 31.0 Å². The highest BCUT2D eigenvalue weighted by Gasteiger charge is 2.42. The Bertz CT molecular complexity index is 1320. The van der Waals surface area contributed by atoms with E-state index in [1.807, 2.05) is 0 Å². The second kappa shape index (κ2) is 12.5. The first-order valence-electron chi connectivity index (χ1n) is 12.3. The Morgan fingerprint density at radius 3 is 2.10 bits per heavy atom. The summed E-state index contributed by atoms with van der Waals surface area (Å²) in [6.07, 6.45) is -13.1. The van der Waals surface area contributed by atoms with Crippen LogP contribution in [0.5, 0.6) is 0 Å². The number of carbonyl (C=O) groups is 3. The lowest BCUT2D eigenvalue weighted by Gasteiger charge is -2.43. The van der Waals surface area contributed by atoms with Crippen LogP contribution >= 0.6 is 11.6 Å². The molecule has 3 rings (SSSR count). The van der Waals surface area contributed by atoms with Gasteiger partial charge in [-0.3, -0.25) is 15.1 Å². The van der Waals surface area contributed by atoms with Crippen LogP contribution in [-0.4, -0.2) is 50.0 Å². The smallest absolute Gasteiger partial charge is 0.416 e. The minimum atomic E-state index is -5.11. The van der Waals surface area contributed by atoms with Gasteiger partial charge in [0.1, 0.15) is 0 Å². The van der Waals surface area contributed by atoms with E-state index < -0.39 is 66.0 Å². The summed E-state index contributed by atoms with van der Waals surface area (Å²) >= 11 is 6.31. The van der Waals surface area contributed by atoms with Gasteiger partial charge >= 0.3 is 30.6 Å². The van der Waals surface area contributed by atoms with Gasteiger partial charge in [-0.15, -0.1) is 0 Å². The highest BCUT2D eigenvalue weighted by molar-refractivity contribution is 6.31. The van der Waals surface area contributed by atoms with Crippen LogP contribution in [0.4, 0.5) is 52.1 Å². The number of hydrogen-bond acceptors (Lipinski definition) is 6. The van der Waals surface area contributed by atoms with E-state index in [1.54, 1.807) is 13.8 Å². The quantitative estimate of drug-likeness (QED) is 0.271. The molecule has 2 aromatic carbocycles. The average molecular weight is 626 g/mol. The third-order valence-electron chi connectivity index (χ3n) is 6.38. The molecule has 0 saturated heterocycles. The summed E-state index contributed by atoms with van der Waals surface area (Å²) in [4.78, 5) is 40.3. The van der Waals surface area contributed by atoms with Crippen molar-refractivity contribution < 1.29 is 54.9 Å². The van der Waals surface area contributed by atoms with Gasteiger partial charge < -0.3 is 14.2 Å². The van der Waals surface area contributed by atoms with Crippen LogP contribution in [-0.2, 0) is 33.1 Å². The van der Waals surface area contributed by atoms with Crippen molar-refractivity contribution >= 4 is 41.3 Å². The third kappa shape index (κ3) is 7.12. The molecule has 1 aliphatic heterocycles. The number of carbonyl (C=O) groups excluding carboxylic acids is 3. The first-order chi connectivity index (χ1) is 19.5. The monoisotopic (exact) mass is 625 g/mol. The SMILES string of the molecule is CCOC(=O)N1c2c(NC(=O)OC)cc(Cl)cc2C(N(Cc2cc(C(F)(F)F)cc(C(F)(F)F)c2)C(=O)OC)CC1C. The number of ether oxygens (including phenoxy) is 3. The van der Waals surface area contributed by atoms with Crippen molar-refractivity contribution in [3.05, 3.63) is 57.6 Å². The number of nitrogens with zero attached hydrogens (tertiary/aromatic N) is 2. The van der Waals surface area contributed by atoms with Gasteiger partial charge in [0.25, 0.3) is 0 Å². The number of alkyl halides is 6. The summed E-state index contributed by atoms with van der Waals surface area (Å²) in [5.41, 5.74) is -3.47. The van der Waals surface area contributed by atoms with E-state index in [4.69, 9.17) is 21.1 Å². The first kappa shape index (κ1) is 32.6. The Kier molecular flexibility index (Phi) is 9.75. The molecule has 9 nitrogen and oxygen atoms in total. The molecule has 0 bridgehead atoms. The standard InChI is InChI=1S/C26H26ClF6N3O6/c1-5-42-24(39)36-13(2)6-20(18-10-17(27)11-19(21(18)36)34-22(37)40-3)35(23(38)41-4)12-14-7-15(25(28,29)30)9-16(8-14)26(31,32)33/h7-11,13,20H,5-6,12H2,1-4H3,(H,34,37). The molecule has 1 heterocycles. The molecular formula is C26H26ClF6N3O6. The van der Waals surface area contributed by atoms with Crippen molar-refractivity contribution in [3.63, 3.8) is 0 Å². The predicted octanol–water partition coefficient (Wildman–Crippen LogP) is 7.62. The lowest BCUT2D eigenvalue weighted by Crippen LogP contribution is -2.48. The van der Waals surface area contributed by atoms with Crippen LogP contribution in [0.15, 0.2) is 30.3 Å². The Morgan fingerprint density at radius 2 is 1.60 bits per heavy atom. The summed E-state index contributed by atoms with van der Waals surface area (Å²) in [5, 5.41) is 2.45. The van der Waals surface area contributed by atoms with Crippen molar-refractivity contribution in [1.29, 1.82) is 0 Å². The average Bonchev–Trinajstić information content (AvgIpc) is 2.90. The number of nitrogens with one attached hydrogen (secondary N) is 1. The van der Waals surface area contributed by atoms with Crippen LogP contribution < -0.4 is 10.2 Å². The number of hydrogen-bond donors (Lipinski definition) is 1. The number of halogens is 7. The summed E-state index contributed by atoms with van der Waals surface area (Å²) in [7, 11) is 2.08. The lowest BCUT2D eigenvalue weighted by atomic mass is 9.89. The van der Waals surface area contributed by atoms with Gasteiger partial charge in [-0.2, -0.15) is 26.3 Å². The Morgan fingerprint density at radius 1 is 1.00 bits per heavy atom. The van der Waals surface area contributed by atoms with Gasteiger partial charge in [0.2, 0.25) is 0 Å². The van der Waals surface area contributed by atoms with E-state index in [0.717, 1.165) is 19.1 Å². The highest BCUT2D eigenvalue weighted by atomic mass is 35.5. The van der Waals surface area contributed by atoms with E-state index >= 15 is 0 Å². The minimum Gasteiger partial charge on any atom is -0.453 e. The Balaban J connectivity index is 2.24. The molecule has 42 heavy (non-hydrogen) atoms. The lowest BCUT2D eigenvalue weighted by molar-refractivity contribution is -0.143. The van der Waals surface area contributed by atoms with Gasteiger partial charge in [-0.1, -0.05) is 11.6 Å². The fourth-order valence-corrected chi connectivity index (χ4v) is 4.89. The van der Waals surface area contributed by atoms with Gasteiger partial charge in [-0.25, -0.2) is 14.4 Å². The zero-order valence-corrected chi connectivity index (χ0v) is 23.4. The van der Waals surface area contributed by atoms with Gasteiger partial charge in [-0.05, 0) is 56.2 Å². The van der Waals surface area contributed by atoms with E-state index in [2.05, 4.69) is 10.1 Å². The van der Waals surface area contributed by atoms with E-state index in [-0.39, 0.29) is 41.1 Å². The fraction of sp³-hybridized carbons (Fsp3) is 0.423. The molecule has 0 spiro atoms. The zero-order valence-electron chi connectivity index (χ0n) is 22.7. The molecule has 230 valence electrons. The number of amides is 3. The molecule has 0 fully saturated rings. The summed E-state index contributed by atoms with van der Waals surface area (Å²) in [6, 6.07) is 1.77. The first-order valence-corrected chi connectivity index (χ1v) is 12.7. The molecule has 2 aromatic rings. The van der Waals surface area contributed by atoms with Gasteiger partial charge in [0, 0.05) is 23.2 Å². The molecule has 1 N–H and O–H groups in total. The summed E-state index contributed by atoms with van der Waals surface area (Å²) < 4.78 is 95.8. The van der Waals surface area contributed by atoms with Gasteiger partial charge in [0.05, 0.1) is 49.4 Å². The van der Waals surface area contributed by atoms with E-state index in [0.29, 0.717) is 12.1 Å². The third-order valence-corrected chi connectivity index (χ3v) is 6.60. The molecule has 2 unspecified atom stereocenters. The number of methoxy groups -OCH3 is 2. The number of fused-ring (bicyclic) bond motifs is 1. The maximum absolute atomic E-state index is 13.5.